The van der Waals surface area contributed by atoms with Gasteiger partial charge >= 0.3 is 5.97 Å². The molecule has 1 fully saturated rings. The van der Waals surface area contributed by atoms with Crippen LogP contribution in [0.1, 0.15) is 19.3 Å². The van der Waals surface area contributed by atoms with E-state index in [9.17, 15) is 9.59 Å². The van der Waals surface area contributed by atoms with Crippen molar-refractivity contribution in [3.8, 4) is 0 Å². The summed E-state index contributed by atoms with van der Waals surface area (Å²) in [6.07, 6.45) is 1.40. The molecule has 6 heteroatoms. The normalized spacial score (nSPS) is 20.7. The van der Waals surface area contributed by atoms with Crippen LogP contribution in [0, 0.1) is 0 Å². The van der Waals surface area contributed by atoms with E-state index >= 15 is 0 Å². The highest BCUT2D eigenvalue weighted by Gasteiger charge is 2.28. The smallest absolute Gasteiger partial charge is 0.328 e. The molecule has 0 saturated carbocycles. The van der Waals surface area contributed by atoms with E-state index in [4.69, 9.17) is 4.74 Å². The van der Waals surface area contributed by atoms with Crippen molar-refractivity contribution in [2.24, 2.45) is 0 Å². The van der Waals surface area contributed by atoms with Crippen LogP contribution in [0.3, 0.4) is 0 Å². The van der Waals surface area contributed by atoms with Crippen LogP contribution in [0.4, 0.5) is 0 Å². The molecule has 0 aromatic rings. The third-order valence-electron chi connectivity index (χ3n) is 2.45. The van der Waals surface area contributed by atoms with E-state index in [1.165, 1.54) is 7.11 Å². The topological polar surface area (TPSA) is 64.6 Å². The third-order valence-corrected chi connectivity index (χ3v) is 2.77. The first-order chi connectivity index (χ1) is 8.04. The molecule has 0 aliphatic carbocycles. The Morgan fingerprint density at radius 2 is 2.35 bits per heavy atom. The predicted molar refractivity (Wildman–Crippen MR) is 65.6 cm³/mol. The van der Waals surface area contributed by atoms with Crippen LogP contribution in [-0.4, -0.2) is 37.7 Å². The van der Waals surface area contributed by atoms with Gasteiger partial charge in [-0.2, -0.15) is 0 Å². The van der Waals surface area contributed by atoms with Crippen molar-refractivity contribution in [3.05, 3.63) is 11.1 Å². The summed E-state index contributed by atoms with van der Waals surface area (Å²) in [5, 5.41) is 2.61. The lowest BCUT2D eigenvalue weighted by Gasteiger charge is -2.18. The number of esters is 1. The Morgan fingerprint density at radius 3 is 2.82 bits per heavy atom. The maximum Gasteiger partial charge on any atom is 0.328 e. The average Bonchev–Trinajstić information content (AvgIpc) is 2.79. The van der Waals surface area contributed by atoms with Crippen molar-refractivity contribution in [2.75, 3.05) is 13.7 Å². The fourth-order valence-electron chi connectivity index (χ4n) is 1.61. The second kappa shape index (κ2) is 6.76. The molecule has 0 spiro atoms. The molecule has 1 aliphatic rings. The predicted octanol–water partition coefficient (Wildman–Crippen LogP) is 1.12. The molecule has 0 aromatic carbocycles. The first-order valence-electron chi connectivity index (χ1n) is 5.37. The molecule has 0 unspecified atom stereocenters. The Kier molecular flexibility index (Phi) is 5.64. The number of hydrogen-bond acceptors (Lipinski definition) is 4. The van der Waals surface area contributed by atoms with Crippen LogP contribution < -0.4 is 5.32 Å². The zero-order valence-electron chi connectivity index (χ0n) is 9.70. The zero-order valence-corrected chi connectivity index (χ0v) is 11.3. The molecule has 0 aromatic heterocycles. The van der Waals surface area contributed by atoms with Gasteiger partial charge in [0.05, 0.1) is 7.11 Å². The molecule has 96 valence electrons. The average molecular weight is 306 g/mol. The lowest BCUT2D eigenvalue weighted by atomic mass is 10.1. The summed E-state index contributed by atoms with van der Waals surface area (Å²) in [5.41, 5.74) is 0. The number of hydrogen-bond donors (Lipinski definition) is 1. The van der Waals surface area contributed by atoms with Crippen LogP contribution in [-0.2, 0) is 19.1 Å². The number of halogens is 1. The molecule has 17 heavy (non-hydrogen) atoms. The molecule has 0 radical (unpaired) electrons. The number of carbonyl (C=O) groups excluding carboxylic acids is 2. The molecule has 1 rings (SSSR count). The largest absolute Gasteiger partial charge is 0.467 e. The summed E-state index contributed by atoms with van der Waals surface area (Å²) < 4.78 is 10.5. The van der Waals surface area contributed by atoms with Crippen molar-refractivity contribution in [3.63, 3.8) is 0 Å². The van der Waals surface area contributed by atoms with Gasteiger partial charge in [-0.15, -0.1) is 0 Å². The molecule has 1 heterocycles. The van der Waals surface area contributed by atoms with E-state index in [0.29, 0.717) is 23.9 Å². The number of ether oxygens (including phenoxy) is 2. The Morgan fingerprint density at radius 1 is 1.65 bits per heavy atom. The molecule has 1 saturated heterocycles. The third kappa shape index (κ3) is 4.47. The summed E-state index contributed by atoms with van der Waals surface area (Å²) in [6, 6.07) is -0.719. The second-order valence-electron chi connectivity index (χ2n) is 3.81. The van der Waals surface area contributed by atoms with E-state index in [2.05, 4.69) is 32.6 Å². The zero-order chi connectivity index (χ0) is 12.8. The Balaban J connectivity index is 2.55. The van der Waals surface area contributed by atoms with Crippen molar-refractivity contribution in [1.82, 2.24) is 5.32 Å². The SMILES string of the molecule is C=C(Br)C[C@@H](NC(=O)[C@H]1CCCO1)C(=O)OC. The Hall–Kier alpha value is -0.880. The lowest BCUT2D eigenvalue weighted by molar-refractivity contribution is -0.146. The number of methoxy groups -OCH3 is 1. The Labute approximate surface area is 109 Å². The molecule has 5 nitrogen and oxygen atoms in total. The van der Waals surface area contributed by atoms with Crippen LogP contribution >= 0.6 is 15.9 Å². The minimum Gasteiger partial charge on any atom is -0.467 e. The maximum atomic E-state index is 11.8. The van der Waals surface area contributed by atoms with Crippen LogP contribution in [0.5, 0.6) is 0 Å². The first-order valence-corrected chi connectivity index (χ1v) is 6.17. The first kappa shape index (κ1) is 14.2. The minimum absolute atomic E-state index is 0.272. The molecular weight excluding hydrogens is 290 g/mol. The number of rotatable bonds is 5. The lowest BCUT2D eigenvalue weighted by Crippen LogP contribution is -2.45. The summed E-state index contributed by atoms with van der Waals surface area (Å²) in [5.74, 6) is -0.761. The molecule has 0 bridgehead atoms. The van der Waals surface area contributed by atoms with Crippen molar-refractivity contribution < 1.29 is 19.1 Å². The van der Waals surface area contributed by atoms with E-state index in [-0.39, 0.29) is 5.91 Å². The maximum absolute atomic E-state index is 11.8. The number of amides is 1. The van der Waals surface area contributed by atoms with Crippen LogP contribution in [0.15, 0.2) is 11.1 Å². The molecule has 1 aliphatic heterocycles. The quantitative estimate of drug-likeness (QED) is 0.773. The highest BCUT2D eigenvalue weighted by molar-refractivity contribution is 9.11. The van der Waals surface area contributed by atoms with Gasteiger partial charge in [-0.3, -0.25) is 4.79 Å². The second-order valence-corrected chi connectivity index (χ2v) is 4.93. The standard InChI is InChI=1S/C11H16BrNO4/c1-7(12)6-8(11(15)16-2)13-10(14)9-4-3-5-17-9/h8-9H,1,3-6H2,2H3,(H,13,14)/t8-,9-/m1/s1. The highest BCUT2D eigenvalue weighted by Crippen LogP contribution is 2.14. The number of nitrogens with one attached hydrogen (secondary N) is 1. The summed E-state index contributed by atoms with van der Waals surface area (Å²) in [7, 11) is 1.28. The molecule has 2 atom stereocenters. The monoisotopic (exact) mass is 305 g/mol. The van der Waals surface area contributed by atoms with Crippen LogP contribution in [0.25, 0.3) is 0 Å². The molecular formula is C11H16BrNO4. The summed E-state index contributed by atoms with van der Waals surface area (Å²) in [6.45, 7) is 4.23. The summed E-state index contributed by atoms with van der Waals surface area (Å²) in [4.78, 5) is 23.2. The number of carbonyl (C=O) groups is 2. The van der Waals surface area contributed by atoms with E-state index in [1.807, 2.05) is 0 Å². The van der Waals surface area contributed by atoms with Gasteiger partial charge in [0, 0.05) is 13.0 Å². The fourth-order valence-corrected chi connectivity index (χ4v) is 1.93. The fraction of sp³-hybridized carbons (Fsp3) is 0.636. The van der Waals surface area contributed by atoms with Gasteiger partial charge in [-0.25, -0.2) is 4.79 Å². The van der Waals surface area contributed by atoms with Crippen LogP contribution in [0.2, 0.25) is 0 Å². The van der Waals surface area contributed by atoms with Crippen molar-refractivity contribution >= 4 is 27.8 Å². The van der Waals surface area contributed by atoms with E-state index in [0.717, 1.165) is 6.42 Å². The van der Waals surface area contributed by atoms with Gasteiger partial charge in [0.1, 0.15) is 12.1 Å². The molecule has 1 amide bonds. The van der Waals surface area contributed by atoms with Gasteiger partial charge in [-0.1, -0.05) is 22.5 Å². The van der Waals surface area contributed by atoms with Gasteiger partial charge in [-0.05, 0) is 17.3 Å². The highest BCUT2D eigenvalue weighted by atomic mass is 79.9. The Bertz CT molecular complexity index is 313. The van der Waals surface area contributed by atoms with E-state index < -0.39 is 18.1 Å². The summed E-state index contributed by atoms with van der Waals surface area (Å²) >= 11 is 3.16. The molecule has 1 N–H and O–H groups in total. The van der Waals surface area contributed by atoms with Gasteiger partial charge in [0.25, 0.3) is 0 Å². The van der Waals surface area contributed by atoms with Gasteiger partial charge in [0.15, 0.2) is 0 Å². The van der Waals surface area contributed by atoms with Crippen molar-refractivity contribution in [1.29, 1.82) is 0 Å². The van der Waals surface area contributed by atoms with E-state index in [1.54, 1.807) is 0 Å². The van der Waals surface area contributed by atoms with Crippen molar-refractivity contribution in [2.45, 2.75) is 31.4 Å². The minimum atomic E-state index is -0.719. The van der Waals surface area contributed by atoms with Gasteiger partial charge < -0.3 is 14.8 Å². The van der Waals surface area contributed by atoms with Gasteiger partial charge in [0.2, 0.25) is 5.91 Å².